The van der Waals surface area contributed by atoms with Crippen LogP contribution in [0.25, 0.3) is 52.2 Å². The van der Waals surface area contributed by atoms with Gasteiger partial charge in [-0.15, -0.1) is 0 Å². The minimum Gasteiger partial charge on any atom is -0.465 e. The monoisotopic (exact) mass is 966 g/mol. The molecule has 3 aliphatic heterocycles. The van der Waals surface area contributed by atoms with Gasteiger partial charge in [-0.25, -0.2) is 4.79 Å². The van der Waals surface area contributed by atoms with Gasteiger partial charge in [0.05, 0.1) is 81.1 Å². The van der Waals surface area contributed by atoms with E-state index >= 15 is 0 Å². The molecule has 6 rings (SSSR count). The molecule has 3 saturated heterocycles. The lowest BCUT2D eigenvalue weighted by Crippen LogP contribution is -2.61. The third kappa shape index (κ3) is 12.9. The fourth-order valence-electron chi connectivity index (χ4n) is 8.68. The SMILES string of the molecule is [N-]=[N+]=NC[C@@H]1O[C@H](O[C@H]2[C@@H](O)[C@H](O[C@@H]3[C@@H](O)[C@H](N=[N+]=[N-])C[C@H](N=[N+]=[N-])[C@H]3O[C@H]3O[C@H]([C@@H](COCc4ccccc4)N(Cc4ccccc4)C(=O)O)CC[C@H]3N=[N+]=[N-])O[C@@H]2CO)[C@H](N=[N+]=[N-])[C@@H](O)[C@@H]1O. The topological polar surface area (TPSA) is 450 Å². The standard InChI is InChI=1S/C39H50N16O14/c40-50-45-14-26-30(58)31(59)28(49-54-44)37(65-26)68-34-27(16-56)66-38(32(34)60)69-35-29(57)22(47-52-42)13-23(48-53-43)33(35)67-36-21(46-51-41)11-12-25(64-36)24(18-63-17-20-9-5-2-6-10-20)55(39(61)62)15-19-7-3-1-4-8-19/h1-10,21-38,56-60H,11-18H2,(H,61,62)/t21-,22-,23+,24-,25+,26+,27-,28-,29+,30-,31-,32-,33-,34-,35-,36-,37-,38+/m1/s1. The molecule has 69 heavy (non-hydrogen) atoms. The van der Waals surface area contributed by atoms with Crippen molar-refractivity contribution in [2.75, 3.05) is 19.8 Å². The van der Waals surface area contributed by atoms with Crippen LogP contribution in [-0.2, 0) is 46.3 Å². The van der Waals surface area contributed by atoms with Crippen LogP contribution in [0.5, 0.6) is 0 Å². The largest absolute Gasteiger partial charge is 0.465 e. The molecule has 4 fully saturated rings. The Balaban J connectivity index is 1.30. The van der Waals surface area contributed by atoms with Gasteiger partial charge in [0.15, 0.2) is 18.9 Å². The summed E-state index contributed by atoms with van der Waals surface area (Å²) in [7, 11) is 0. The normalized spacial score (nSPS) is 34.5. The fourth-order valence-corrected chi connectivity index (χ4v) is 8.68. The van der Waals surface area contributed by atoms with Gasteiger partial charge in [0.1, 0.15) is 36.6 Å². The quantitative estimate of drug-likeness (QED) is 0.0590. The van der Waals surface area contributed by atoms with Crippen molar-refractivity contribution in [3.05, 3.63) is 124 Å². The second-order valence-electron chi connectivity index (χ2n) is 16.3. The van der Waals surface area contributed by atoms with E-state index in [2.05, 4.69) is 50.1 Å². The summed E-state index contributed by atoms with van der Waals surface area (Å²) in [5.41, 5.74) is 48.3. The molecule has 1 saturated carbocycles. The van der Waals surface area contributed by atoms with Gasteiger partial charge in [-0.2, -0.15) is 0 Å². The van der Waals surface area contributed by atoms with Gasteiger partial charge in [0, 0.05) is 31.1 Å². The Hall–Kier alpha value is -6.22. The zero-order valence-electron chi connectivity index (χ0n) is 36.4. The Bertz CT molecular complexity index is 2250. The Morgan fingerprint density at radius 3 is 1.91 bits per heavy atom. The number of hydrogen-bond acceptors (Lipinski definition) is 18. The summed E-state index contributed by atoms with van der Waals surface area (Å²) >= 11 is 0. The zero-order chi connectivity index (χ0) is 49.5. The van der Waals surface area contributed by atoms with E-state index in [1.54, 1.807) is 30.3 Å². The van der Waals surface area contributed by atoms with Crippen molar-refractivity contribution in [1.29, 1.82) is 0 Å². The van der Waals surface area contributed by atoms with E-state index < -0.39 is 129 Å². The highest BCUT2D eigenvalue weighted by molar-refractivity contribution is 5.65. The highest BCUT2D eigenvalue weighted by Gasteiger charge is 2.55. The average Bonchev–Trinajstić information content (AvgIpc) is 3.65. The van der Waals surface area contributed by atoms with Crippen LogP contribution in [0.2, 0.25) is 0 Å². The van der Waals surface area contributed by atoms with Crippen molar-refractivity contribution in [2.45, 2.75) is 143 Å². The van der Waals surface area contributed by atoms with Gasteiger partial charge in [-0.05, 0) is 58.0 Å². The van der Waals surface area contributed by atoms with Crippen molar-refractivity contribution < 1.29 is 68.6 Å². The Kier molecular flexibility index (Phi) is 19.2. The molecule has 30 nitrogen and oxygen atoms in total. The molecule has 0 unspecified atom stereocenters. The fraction of sp³-hybridized carbons (Fsp3) is 0.667. The molecular formula is C39H50N16O14. The molecule has 370 valence electrons. The summed E-state index contributed by atoms with van der Waals surface area (Å²) in [5, 5.41) is 84.0. The van der Waals surface area contributed by atoms with Gasteiger partial charge < -0.3 is 63.8 Å². The lowest BCUT2D eigenvalue weighted by atomic mass is 9.84. The molecule has 0 bridgehead atoms. The van der Waals surface area contributed by atoms with E-state index in [9.17, 15) is 57.6 Å². The highest BCUT2D eigenvalue weighted by Crippen LogP contribution is 2.38. The number of azide groups is 5. The van der Waals surface area contributed by atoms with Crippen LogP contribution in [-0.4, -0.2) is 172 Å². The summed E-state index contributed by atoms with van der Waals surface area (Å²) < 4.78 is 42.7. The molecule has 0 radical (unpaired) electrons. The number of amides is 1. The van der Waals surface area contributed by atoms with Crippen molar-refractivity contribution in [1.82, 2.24) is 4.90 Å². The molecular weight excluding hydrogens is 917 g/mol. The van der Waals surface area contributed by atoms with E-state index in [0.717, 1.165) is 10.5 Å². The number of benzene rings is 2. The Morgan fingerprint density at radius 2 is 1.28 bits per heavy atom. The van der Waals surface area contributed by atoms with Crippen LogP contribution in [0.3, 0.4) is 0 Å². The molecule has 2 aromatic rings. The number of nitrogens with zero attached hydrogens (tertiary/aromatic N) is 16. The van der Waals surface area contributed by atoms with E-state index in [1.807, 2.05) is 30.3 Å². The molecule has 1 amide bonds. The van der Waals surface area contributed by atoms with Crippen LogP contribution >= 0.6 is 0 Å². The Morgan fingerprint density at radius 1 is 0.667 bits per heavy atom. The lowest BCUT2D eigenvalue weighted by molar-refractivity contribution is -0.292. The van der Waals surface area contributed by atoms with E-state index in [1.165, 1.54) is 0 Å². The molecule has 6 N–H and O–H groups in total. The number of rotatable bonds is 21. The van der Waals surface area contributed by atoms with Crippen molar-refractivity contribution >= 4 is 6.09 Å². The molecule has 18 atom stereocenters. The van der Waals surface area contributed by atoms with E-state index in [4.69, 9.17) is 38.7 Å². The molecule has 4 aliphatic rings. The number of carboxylic acid groups (broad SMARTS) is 1. The zero-order valence-corrected chi connectivity index (χ0v) is 36.4. The summed E-state index contributed by atoms with van der Waals surface area (Å²) in [6.45, 7) is -1.49. The van der Waals surface area contributed by atoms with Gasteiger partial charge >= 0.3 is 6.09 Å². The predicted octanol–water partition coefficient (Wildman–Crippen LogP) is 3.73. The first-order valence-electron chi connectivity index (χ1n) is 21.5. The molecule has 2 aromatic carbocycles. The summed E-state index contributed by atoms with van der Waals surface area (Å²) in [4.78, 5) is 28.1. The first kappa shape index (κ1) is 52.2. The maximum Gasteiger partial charge on any atom is 0.408 e. The highest BCUT2D eigenvalue weighted by atomic mass is 16.8. The second kappa shape index (κ2) is 25.4. The maximum absolute atomic E-state index is 13.0. The van der Waals surface area contributed by atoms with Crippen molar-refractivity contribution in [3.63, 3.8) is 0 Å². The smallest absolute Gasteiger partial charge is 0.408 e. The molecule has 1 aliphatic carbocycles. The van der Waals surface area contributed by atoms with Crippen LogP contribution in [0, 0.1) is 0 Å². The predicted molar refractivity (Wildman–Crippen MR) is 231 cm³/mol. The second-order valence-corrected chi connectivity index (χ2v) is 16.3. The number of ether oxygens (including phenoxy) is 7. The van der Waals surface area contributed by atoms with Gasteiger partial charge in [0.2, 0.25) is 0 Å². The Labute approximate surface area is 390 Å². The molecule has 30 heteroatoms. The van der Waals surface area contributed by atoms with Gasteiger partial charge in [0.25, 0.3) is 0 Å². The summed E-state index contributed by atoms with van der Waals surface area (Å²) in [5.74, 6) is 0. The first-order chi connectivity index (χ1) is 33.5. The van der Waals surface area contributed by atoms with Crippen molar-refractivity contribution in [3.8, 4) is 0 Å². The van der Waals surface area contributed by atoms with Crippen LogP contribution in [0.1, 0.15) is 30.4 Å². The summed E-state index contributed by atoms with van der Waals surface area (Å²) in [6, 6.07) is 11.5. The van der Waals surface area contributed by atoms with E-state index in [0.29, 0.717) is 5.56 Å². The number of carbonyl (C=O) groups is 1. The minimum absolute atomic E-state index is 0.0683. The lowest BCUT2D eigenvalue weighted by Gasteiger charge is -2.46. The van der Waals surface area contributed by atoms with Crippen LogP contribution in [0.4, 0.5) is 4.79 Å². The average molecular weight is 967 g/mol. The third-order valence-corrected chi connectivity index (χ3v) is 12.1. The number of aliphatic hydroxyl groups is 5. The third-order valence-electron chi connectivity index (χ3n) is 12.1. The van der Waals surface area contributed by atoms with Gasteiger partial charge in [-0.1, -0.05) is 86.2 Å². The molecule has 0 aromatic heterocycles. The minimum atomic E-state index is -1.92. The van der Waals surface area contributed by atoms with Crippen molar-refractivity contribution in [2.24, 2.45) is 25.6 Å². The first-order valence-corrected chi connectivity index (χ1v) is 21.5. The van der Waals surface area contributed by atoms with Crippen LogP contribution < -0.4 is 0 Å². The molecule has 3 heterocycles. The summed E-state index contributed by atoms with van der Waals surface area (Å²) in [6.07, 6.45) is -22.7. The number of hydrogen-bond donors (Lipinski definition) is 6. The van der Waals surface area contributed by atoms with Gasteiger partial charge in [-0.3, -0.25) is 4.90 Å². The number of aliphatic hydroxyl groups excluding tert-OH is 5. The molecule has 0 spiro atoms. The van der Waals surface area contributed by atoms with Crippen LogP contribution in [0.15, 0.2) is 86.2 Å². The maximum atomic E-state index is 13.0. The van der Waals surface area contributed by atoms with E-state index in [-0.39, 0.29) is 39.0 Å².